The molecule has 4 unspecified atom stereocenters. The van der Waals surface area contributed by atoms with E-state index < -0.39 is 40.2 Å². The molecular weight excluding hydrogens is 495 g/mol. The van der Waals surface area contributed by atoms with Gasteiger partial charge in [-0.15, -0.1) is 13.2 Å². The van der Waals surface area contributed by atoms with Crippen molar-refractivity contribution in [1.29, 1.82) is 0 Å². The summed E-state index contributed by atoms with van der Waals surface area (Å²) in [5.74, 6) is -0.434. The Labute approximate surface area is 205 Å². The van der Waals surface area contributed by atoms with Gasteiger partial charge in [0.25, 0.3) is 0 Å². The average molecular weight is 520 g/mol. The van der Waals surface area contributed by atoms with Gasteiger partial charge in [0.1, 0.15) is 15.7 Å². The van der Waals surface area contributed by atoms with E-state index in [0.29, 0.717) is 0 Å². The maximum absolute atomic E-state index is 13.7. The summed E-state index contributed by atoms with van der Waals surface area (Å²) in [6.07, 6.45) is -5.82. The number of benzene rings is 3. The fourth-order valence-electron chi connectivity index (χ4n) is 4.68. The van der Waals surface area contributed by atoms with Gasteiger partial charge in [-0.2, -0.15) is 0 Å². The van der Waals surface area contributed by atoms with Crippen LogP contribution in [0.15, 0.2) is 82.1 Å². The van der Waals surface area contributed by atoms with Crippen molar-refractivity contribution in [3.63, 3.8) is 0 Å². The Morgan fingerprint density at radius 3 is 2.14 bits per heavy atom. The second kappa shape index (κ2) is 9.40. The first-order valence-electron chi connectivity index (χ1n) is 11.2. The highest BCUT2D eigenvalue weighted by Gasteiger charge is 2.37. The highest BCUT2D eigenvalue weighted by atomic mass is 32.2. The van der Waals surface area contributed by atoms with Crippen molar-refractivity contribution >= 4 is 31.7 Å². The smallest absolute Gasteiger partial charge is 0.406 e. The Morgan fingerprint density at radius 1 is 1.00 bits per heavy atom. The molecule has 0 radical (unpaired) electrons. The molecule has 0 amide bonds. The number of nitrogens with one attached hydrogen (secondary N) is 1. The van der Waals surface area contributed by atoms with Crippen molar-refractivity contribution in [2.45, 2.75) is 29.4 Å². The Hall–Kier alpha value is -3.12. The topological polar surface area (TPSA) is 85.1 Å². The lowest BCUT2D eigenvalue weighted by molar-refractivity contribution is -0.274. The largest absolute Gasteiger partial charge is 0.573 e. The highest BCUT2D eigenvalue weighted by Crippen LogP contribution is 2.35. The Balaban J connectivity index is 1.45. The van der Waals surface area contributed by atoms with Crippen LogP contribution >= 0.6 is 0 Å². The van der Waals surface area contributed by atoms with Crippen LogP contribution in [0.2, 0.25) is 0 Å². The normalized spacial score (nSPS) is 22.4. The highest BCUT2D eigenvalue weighted by molar-refractivity contribution is 7.91. The van der Waals surface area contributed by atoms with Crippen molar-refractivity contribution < 1.29 is 32.0 Å². The minimum absolute atomic E-state index is 0.0799. The first kappa shape index (κ1) is 24.6. The van der Waals surface area contributed by atoms with Crippen LogP contribution in [0.4, 0.5) is 13.2 Å². The molecule has 190 valence electrons. The fourth-order valence-corrected chi connectivity index (χ4v) is 6.25. The standard InChI is InChI=1S/C25H24F3N3O4S/c1-29-36(33,17-12-10-16(11-13-17)35-25(26,27)28)30-20-14-34-15-23(24(20)32)31-21-8-4-2-6-18(21)19-7-3-5-9-22(19)31/h2-13,20,23-24,32H,14-15H2,1H3,(H,29,30,33). The number of para-hydroxylation sites is 2. The number of nitrogens with zero attached hydrogens (tertiary/aromatic N) is 2. The predicted octanol–water partition coefficient (Wildman–Crippen LogP) is 4.66. The number of fused-ring (bicyclic) bond motifs is 3. The maximum Gasteiger partial charge on any atom is 0.573 e. The van der Waals surface area contributed by atoms with E-state index in [9.17, 15) is 22.5 Å². The van der Waals surface area contributed by atoms with Gasteiger partial charge in [-0.25, -0.2) is 13.3 Å². The van der Waals surface area contributed by atoms with Gasteiger partial charge in [0, 0.05) is 28.9 Å². The average Bonchev–Trinajstić information content (AvgIpc) is 3.19. The molecule has 0 saturated carbocycles. The van der Waals surface area contributed by atoms with Crippen molar-refractivity contribution in [3.8, 4) is 5.75 Å². The molecular formula is C25H24F3N3O4S. The third-order valence-electron chi connectivity index (χ3n) is 6.29. The molecule has 4 aromatic rings. The van der Waals surface area contributed by atoms with Crippen molar-refractivity contribution in [2.75, 3.05) is 20.3 Å². The van der Waals surface area contributed by atoms with Crippen LogP contribution in [0.1, 0.15) is 6.04 Å². The SMILES string of the molecule is CN=S(=O)(NC1COCC(n2c3ccccc3c3ccccc32)C1O)c1ccc(OC(F)(F)F)cc1. The van der Waals surface area contributed by atoms with Crippen molar-refractivity contribution in [2.24, 2.45) is 4.36 Å². The molecule has 36 heavy (non-hydrogen) atoms. The molecule has 1 fully saturated rings. The van der Waals surface area contributed by atoms with E-state index in [1.165, 1.54) is 19.2 Å². The molecule has 2 heterocycles. The number of aromatic nitrogens is 1. The summed E-state index contributed by atoms with van der Waals surface area (Å²) in [6.45, 7) is 0.326. The van der Waals surface area contributed by atoms with Gasteiger partial charge >= 0.3 is 6.36 Å². The summed E-state index contributed by atoms with van der Waals surface area (Å²) in [6, 6.07) is 19.2. The molecule has 11 heteroatoms. The molecule has 5 rings (SSSR count). The summed E-state index contributed by atoms with van der Waals surface area (Å²) in [5, 5.41) is 13.5. The van der Waals surface area contributed by atoms with Gasteiger partial charge in [0.05, 0.1) is 36.3 Å². The molecule has 1 aromatic heterocycles. The van der Waals surface area contributed by atoms with Crippen LogP contribution in [-0.2, 0) is 14.7 Å². The number of hydrogen-bond donors (Lipinski definition) is 2. The van der Waals surface area contributed by atoms with Gasteiger partial charge in [-0.3, -0.25) is 0 Å². The Kier molecular flexibility index (Phi) is 6.41. The van der Waals surface area contributed by atoms with E-state index in [-0.39, 0.29) is 18.1 Å². The van der Waals surface area contributed by atoms with Crippen molar-refractivity contribution in [1.82, 2.24) is 9.29 Å². The lowest BCUT2D eigenvalue weighted by atomic mass is 10.0. The first-order chi connectivity index (χ1) is 17.2. The zero-order valence-corrected chi connectivity index (χ0v) is 20.0. The monoisotopic (exact) mass is 519 g/mol. The van der Waals surface area contributed by atoms with Gasteiger partial charge in [0.2, 0.25) is 0 Å². The molecule has 1 aliphatic heterocycles. The van der Waals surface area contributed by atoms with E-state index in [2.05, 4.69) is 13.8 Å². The number of rotatable bonds is 5. The van der Waals surface area contributed by atoms with Crippen LogP contribution in [0.5, 0.6) is 5.75 Å². The van der Waals surface area contributed by atoms with E-state index in [1.54, 1.807) is 0 Å². The van der Waals surface area contributed by atoms with E-state index in [0.717, 1.165) is 33.9 Å². The van der Waals surface area contributed by atoms with Gasteiger partial charge in [0.15, 0.2) is 0 Å². The zero-order chi connectivity index (χ0) is 25.5. The minimum atomic E-state index is -4.83. The summed E-state index contributed by atoms with van der Waals surface area (Å²) in [5.41, 5.74) is 1.88. The predicted molar refractivity (Wildman–Crippen MR) is 130 cm³/mol. The molecule has 7 nitrogen and oxygen atoms in total. The molecule has 0 spiro atoms. The summed E-state index contributed by atoms with van der Waals surface area (Å²) >= 11 is 0. The van der Waals surface area contributed by atoms with E-state index >= 15 is 0 Å². The number of halogens is 3. The number of alkyl halides is 3. The first-order valence-corrected chi connectivity index (χ1v) is 12.7. The van der Waals surface area contributed by atoms with E-state index in [1.807, 2.05) is 53.1 Å². The molecule has 0 aliphatic carbocycles. The van der Waals surface area contributed by atoms with Gasteiger partial charge in [-0.1, -0.05) is 36.4 Å². The summed E-state index contributed by atoms with van der Waals surface area (Å²) < 4.78 is 69.8. The second-order valence-electron chi connectivity index (χ2n) is 8.45. The Morgan fingerprint density at radius 2 is 1.58 bits per heavy atom. The van der Waals surface area contributed by atoms with Gasteiger partial charge in [-0.05, 0) is 36.4 Å². The minimum Gasteiger partial charge on any atom is -0.406 e. The van der Waals surface area contributed by atoms with Crippen LogP contribution in [0.3, 0.4) is 0 Å². The van der Waals surface area contributed by atoms with Crippen LogP contribution in [-0.4, -0.2) is 52.7 Å². The number of hydrogen-bond acceptors (Lipinski definition) is 5. The third kappa shape index (κ3) is 4.55. The zero-order valence-electron chi connectivity index (χ0n) is 19.2. The molecule has 0 bridgehead atoms. The van der Waals surface area contributed by atoms with Crippen LogP contribution in [0.25, 0.3) is 21.8 Å². The lowest BCUT2D eigenvalue weighted by Crippen LogP contribution is -2.53. The summed E-state index contributed by atoms with van der Waals surface area (Å²) in [4.78, 5) is 0.158. The van der Waals surface area contributed by atoms with E-state index in [4.69, 9.17) is 4.74 Å². The van der Waals surface area contributed by atoms with Crippen molar-refractivity contribution in [3.05, 3.63) is 72.8 Å². The maximum atomic E-state index is 13.7. The number of aliphatic hydroxyl groups is 1. The van der Waals surface area contributed by atoms with Crippen LogP contribution < -0.4 is 9.46 Å². The number of aliphatic hydroxyl groups excluding tert-OH is 1. The summed E-state index contributed by atoms with van der Waals surface area (Å²) in [7, 11) is -1.94. The second-order valence-corrected chi connectivity index (χ2v) is 10.6. The molecule has 1 aliphatic rings. The van der Waals surface area contributed by atoms with Gasteiger partial charge < -0.3 is 19.1 Å². The number of ether oxygens (including phenoxy) is 2. The van der Waals surface area contributed by atoms with Crippen LogP contribution in [0, 0.1) is 0 Å². The fraction of sp³-hybridized carbons (Fsp3) is 0.280. The molecule has 3 aromatic carbocycles. The molecule has 2 N–H and O–H groups in total. The Bertz CT molecular complexity index is 1460. The molecule has 4 atom stereocenters. The molecule has 1 saturated heterocycles. The quantitative estimate of drug-likeness (QED) is 0.402. The lowest BCUT2D eigenvalue weighted by Gasteiger charge is -2.37. The third-order valence-corrected chi connectivity index (χ3v) is 8.33.